The van der Waals surface area contributed by atoms with Crippen molar-refractivity contribution in [2.24, 2.45) is 0 Å². The normalized spacial score (nSPS) is 12.1. The number of hydrogen-bond donors (Lipinski definition) is 2. The number of benzene rings is 2. The number of amides is 1. The SMILES string of the molecule is CCC(=O)NC[C@@H](c1ccc(OC)cc1)c1c[nH]c2ccccc12. The van der Waals surface area contributed by atoms with Crippen molar-refractivity contribution in [3.63, 3.8) is 0 Å². The number of nitrogens with one attached hydrogen (secondary N) is 2. The second-order valence-corrected chi connectivity index (χ2v) is 5.77. The second kappa shape index (κ2) is 7.21. The summed E-state index contributed by atoms with van der Waals surface area (Å²) in [7, 11) is 1.66. The summed E-state index contributed by atoms with van der Waals surface area (Å²) >= 11 is 0. The number of ether oxygens (including phenoxy) is 1. The van der Waals surface area contributed by atoms with Crippen LogP contribution in [-0.2, 0) is 4.79 Å². The minimum atomic E-state index is 0.0633. The van der Waals surface area contributed by atoms with Crippen LogP contribution < -0.4 is 10.1 Å². The molecule has 0 fully saturated rings. The average Bonchev–Trinajstić information content (AvgIpc) is 3.06. The Morgan fingerprint density at radius 2 is 1.92 bits per heavy atom. The highest BCUT2D eigenvalue weighted by Crippen LogP contribution is 2.31. The van der Waals surface area contributed by atoms with E-state index in [9.17, 15) is 4.79 Å². The summed E-state index contributed by atoms with van der Waals surface area (Å²) in [5.74, 6) is 0.977. The highest BCUT2D eigenvalue weighted by Gasteiger charge is 2.18. The summed E-state index contributed by atoms with van der Waals surface area (Å²) < 4.78 is 5.25. The van der Waals surface area contributed by atoms with E-state index >= 15 is 0 Å². The van der Waals surface area contributed by atoms with Gasteiger partial charge in [0.05, 0.1) is 7.11 Å². The molecular weight excluding hydrogens is 300 g/mol. The Balaban J connectivity index is 1.98. The number of methoxy groups -OCH3 is 1. The number of hydrogen-bond acceptors (Lipinski definition) is 2. The molecule has 3 aromatic rings. The van der Waals surface area contributed by atoms with E-state index in [-0.39, 0.29) is 11.8 Å². The van der Waals surface area contributed by atoms with Gasteiger partial charge in [-0.25, -0.2) is 0 Å². The number of carbonyl (C=O) groups is 1. The van der Waals surface area contributed by atoms with E-state index in [0.717, 1.165) is 16.8 Å². The van der Waals surface area contributed by atoms with Crippen molar-refractivity contribution in [1.29, 1.82) is 0 Å². The van der Waals surface area contributed by atoms with Crippen LogP contribution >= 0.6 is 0 Å². The molecule has 24 heavy (non-hydrogen) atoms. The summed E-state index contributed by atoms with van der Waals surface area (Å²) in [6, 6.07) is 16.3. The predicted molar refractivity (Wildman–Crippen MR) is 96.4 cm³/mol. The summed E-state index contributed by atoms with van der Waals surface area (Å²) in [6.07, 6.45) is 2.53. The third-order valence-corrected chi connectivity index (χ3v) is 4.34. The molecule has 0 aliphatic heterocycles. The average molecular weight is 322 g/mol. The highest BCUT2D eigenvalue weighted by atomic mass is 16.5. The van der Waals surface area contributed by atoms with E-state index in [1.807, 2.05) is 37.4 Å². The third-order valence-electron chi connectivity index (χ3n) is 4.34. The minimum Gasteiger partial charge on any atom is -0.497 e. The molecule has 0 saturated carbocycles. The Morgan fingerprint density at radius 3 is 2.62 bits per heavy atom. The molecule has 2 aromatic carbocycles. The third kappa shape index (κ3) is 3.27. The molecule has 0 bridgehead atoms. The van der Waals surface area contributed by atoms with Crippen LogP contribution in [0, 0.1) is 0 Å². The van der Waals surface area contributed by atoms with Crippen LogP contribution in [0.1, 0.15) is 30.4 Å². The Bertz CT molecular complexity index is 821. The summed E-state index contributed by atoms with van der Waals surface area (Å²) in [5.41, 5.74) is 3.44. The molecule has 1 heterocycles. The molecule has 4 nitrogen and oxygen atoms in total. The lowest BCUT2D eigenvalue weighted by Gasteiger charge is -2.18. The highest BCUT2D eigenvalue weighted by molar-refractivity contribution is 5.84. The van der Waals surface area contributed by atoms with Gasteiger partial charge >= 0.3 is 0 Å². The van der Waals surface area contributed by atoms with Gasteiger partial charge in [-0.3, -0.25) is 4.79 Å². The molecule has 1 atom stereocenters. The zero-order valence-corrected chi connectivity index (χ0v) is 14.0. The maximum atomic E-state index is 11.7. The van der Waals surface area contributed by atoms with Crippen molar-refractivity contribution in [1.82, 2.24) is 10.3 Å². The van der Waals surface area contributed by atoms with E-state index in [1.54, 1.807) is 7.11 Å². The van der Waals surface area contributed by atoms with Crippen LogP contribution in [0.15, 0.2) is 54.7 Å². The van der Waals surface area contributed by atoms with E-state index in [4.69, 9.17) is 4.74 Å². The Kier molecular flexibility index (Phi) is 4.85. The molecule has 0 saturated heterocycles. The van der Waals surface area contributed by atoms with Crippen molar-refractivity contribution >= 4 is 16.8 Å². The first kappa shape index (κ1) is 16.1. The van der Waals surface area contributed by atoms with Gasteiger partial charge in [0.2, 0.25) is 5.91 Å². The first-order chi connectivity index (χ1) is 11.7. The topological polar surface area (TPSA) is 54.1 Å². The zero-order valence-electron chi connectivity index (χ0n) is 14.0. The Labute approximate surface area is 141 Å². The standard InChI is InChI=1S/C20H22N2O2/c1-3-20(23)22-12-17(14-8-10-15(24-2)11-9-14)18-13-21-19-7-5-4-6-16(18)19/h4-11,13,17,21H,3,12H2,1-2H3,(H,22,23)/t17-/m0/s1. The van der Waals surface area contributed by atoms with Crippen molar-refractivity contribution in [3.05, 3.63) is 65.9 Å². The number of aromatic amines is 1. The quantitative estimate of drug-likeness (QED) is 0.724. The van der Waals surface area contributed by atoms with Crippen LogP contribution in [0.5, 0.6) is 5.75 Å². The fourth-order valence-electron chi connectivity index (χ4n) is 2.97. The smallest absolute Gasteiger partial charge is 0.219 e. The molecule has 4 heteroatoms. The van der Waals surface area contributed by atoms with Gasteiger partial charge in [-0.1, -0.05) is 37.3 Å². The molecule has 0 aliphatic carbocycles. The lowest BCUT2D eigenvalue weighted by Crippen LogP contribution is -2.28. The van der Waals surface area contributed by atoms with Gasteiger partial charge < -0.3 is 15.0 Å². The van der Waals surface area contributed by atoms with Crippen molar-refractivity contribution < 1.29 is 9.53 Å². The first-order valence-corrected chi connectivity index (χ1v) is 8.19. The van der Waals surface area contributed by atoms with Crippen LogP contribution in [-0.4, -0.2) is 24.5 Å². The summed E-state index contributed by atoms with van der Waals surface area (Å²) in [4.78, 5) is 15.1. The lowest BCUT2D eigenvalue weighted by molar-refractivity contribution is -0.120. The van der Waals surface area contributed by atoms with Crippen LogP contribution in [0.25, 0.3) is 10.9 Å². The number of para-hydroxylation sites is 1. The monoisotopic (exact) mass is 322 g/mol. The molecule has 0 spiro atoms. The summed E-state index contributed by atoms with van der Waals surface area (Å²) in [5, 5.41) is 4.21. The molecule has 2 N–H and O–H groups in total. The van der Waals surface area contributed by atoms with Gasteiger partial charge in [-0.2, -0.15) is 0 Å². The predicted octanol–water partition coefficient (Wildman–Crippen LogP) is 3.83. The molecule has 1 aromatic heterocycles. The number of rotatable bonds is 6. The van der Waals surface area contributed by atoms with Gasteiger partial charge in [-0.05, 0) is 29.3 Å². The molecule has 124 valence electrons. The van der Waals surface area contributed by atoms with E-state index < -0.39 is 0 Å². The molecule has 3 rings (SSSR count). The number of fused-ring (bicyclic) bond motifs is 1. The van der Waals surface area contributed by atoms with Gasteiger partial charge in [0.25, 0.3) is 0 Å². The minimum absolute atomic E-state index is 0.0633. The Hall–Kier alpha value is -2.75. The zero-order chi connectivity index (χ0) is 16.9. The van der Waals surface area contributed by atoms with E-state index in [1.165, 1.54) is 10.9 Å². The van der Waals surface area contributed by atoms with Crippen molar-refractivity contribution in [2.75, 3.05) is 13.7 Å². The van der Waals surface area contributed by atoms with Crippen molar-refractivity contribution in [2.45, 2.75) is 19.3 Å². The van der Waals surface area contributed by atoms with E-state index in [2.05, 4.69) is 34.6 Å². The van der Waals surface area contributed by atoms with Crippen LogP contribution in [0.4, 0.5) is 0 Å². The fourth-order valence-corrected chi connectivity index (χ4v) is 2.97. The van der Waals surface area contributed by atoms with Gasteiger partial charge in [-0.15, -0.1) is 0 Å². The fraction of sp³-hybridized carbons (Fsp3) is 0.250. The molecule has 0 radical (unpaired) electrons. The lowest BCUT2D eigenvalue weighted by atomic mass is 9.90. The first-order valence-electron chi connectivity index (χ1n) is 8.19. The molecule has 0 unspecified atom stereocenters. The van der Waals surface area contributed by atoms with E-state index in [0.29, 0.717) is 13.0 Å². The van der Waals surface area contributed by atoms with Crippen LogP contribution in [0.2, 0.25) is 0 Å². The van der Waals surface area contributed by atoms with Crippen LogP contribution in [0.3, 0.4) is 0 Å². The molecular formula is C20H22N2O2. The van der Waals surface area contributed by atoms with Gasteiger partial charge in [0, 0.05) is 36.0 Å². The van der Waals surface area contributed by atoms with Gasteiger partial charge in [0.15, 0.2) is 0 Å². The van der Waals surface area contributed by atoms with Crippen molar-refractivity contribution in [3.8, 4) is 5.75 Å². The molecule has 1 amide bonds. The van der Waals surface area contributed by atoms with Gasteiger partial charge in [0.1, 0.15) is 5.75 Å². The second-order valence-electron chi connectivity index (χ2n) is 5.77. The maximum Gasteiger partial charge on any atom is 0.219 e. The number of carbonyl (C=O) groups excluding carboxylic acids is 1. The summed E-state index contributed by atoms with van der Waals surface area (Å²) in [6.45, 7) is 2.43. The number of H-pyrrole nitrogens is 1. The molecule has 0 aliphatic rings. The maximum absolute atomic E-state index is 11.7. The number of aromatic nitrogens is 1. The Morgan fingerprint density at radius 1 is 1.17 bits per heavy atom. The largest absolute Gasteiger partial charge is 0.497 e.